The van der Waals surface area contributed by atoms with Crippen LogP contribution in [0.15, 0.2) is 231 Å². The number of hydrogen-bond acceptors (Lipinski definition) is 8. The van der Waals surface area contributed by atoms with Crippen molar-refractivity contribution in [3.8, 4) is 0 Å². The van der Waals surface area contributed by atoms with Crippen LogP contribution in [0.4, 0.5) is 0 Å². The molecule has 0 fully saturated rings. The average Bonchev–Trinajstić information content (AvgIpc) is 1.65. The van der Waals surface area contributed by atoms with Gasteiger partial charge in [-0.25, -0.2) is 0 Å². The van der Waals surface area contributed by atoms with E-state index in [2.05, 4.69) is 245 Å². The number of rotatable bonds is 69. The molecule has 0 aromatic carbocycles. The Labute approximate surface area is 613 Å². The zero-order valence-electron chi connectivity index (χ0n) is 63.8. The van der Waals surface area contributed by atoms with Crippen molar-refractivity contribution in [3.05, 3.63) is 231 Å². The van der Waals surface area contributed by atoms with E-state index in [1.54, 1.807) is 0 Å². The summed E-state index contributed by atoms with van der Waals surface area (Å²) in [6, 6.07) is 0. The Morgan fingerprint density at radius 1 is 0.310 bits per heavy atom. The first-order valence-corrected chi connectivity index (χ1v) is 40.6. The Kier molecular flexibility index (Phi) is 72.7. The summed E-state index contributed by atoms with van der Waals surface area (Å²) >= 11 is 0. The molecule has 560 valence electrons. The third-order valence-electron chi connectivity index (χ3n) is 15.7. The molecule has 10 heteroatoms. The van der Waals surface area contributed by atoms with Crippen LogP contribution in [0.1, 0.15) is 271 Å². The molecule has 0 aliphatic rings. The second-order valence-electron chi connectivity index (χ2n) is 26.3. The maximum absolute atomic E-state index is 12.9. The van der Waals surface area contributed by atoms with Crippen LogP contribution in [-0.2, 0) is 32.7 Å². The summed E-state index contributed by atoms with van der Waals surface area (Å²) in [6.45, 7) is 3.96. The van der Waals surface area contributed by atoms with Gasteiger partial charge in [0, 0.05) is 12.8 Å². The van der Waals surface area contributed by atoms with Gasteiger partial charge in [-0.2, -0.15) is 0 Å². The monoisotopic (exact) mass is 1400 g/mol. The van der Waals surface area contributed by atoms with Gasteiger partial charge in [0.1, 0.15) is 19.8 Å². The number of quaternary nitrogens is 1. The maximum atomic E-state index is 12.9. The molecule has 2 unspecified atom stereocenters. The van der Waals surface area contributed by atoms with Gasteiger partial charge >= 0.3 is 11.9 Å². The third-order valence-corrected chi connectivity index (χ3v) is 16.6. The molecule has 0 spiro atoms. The summed E-state index contributed by atoms with van der Waals surface area (Å²) in [5, 5.41) is 0. The molecule has 0 aromatic heterocycles. The molecular formula is C90H142NO8P. The number of phosphoric acid groups is 1. The first-order valence-electron chi connectivity index (χ1n) is 39.1. The Morgan fingerprint density at radius 2 is 0.540 bits per heavy atom. The van der Waals surface area contributed by atoms with Gasteiger partial charge in [0.25, 0.3) is 7.82 Å². The molecule has 0 rings (SSSR count). The van der Waals surface area contributed by atoms with Crippen molar-refractivity contribution in [2.75, 3.05) is 47.5 Å². The number of phosphoric ester groups is 1. The molecule has 2 atom stereocenters. The summed E-state index contributed by atoms with van der Waals surface area (Å²) in [5.41, 5.74) is 0. The summed E-state index contributed by atoms with van der Waals surface area (Å²) in [4.78, 5) is 38.2. The minimum absolute atomic E-state index is 0.0480. The molecule has 0 saturated carbocycles. The van der Waals surface area contributed by atoms with E-state index < -0.39 is 32.5 Å². The van der Waals surface area contributed by atoms with E-state index in [-0.39, 0.29) is 26.1 Å². The van der Waals surface area contributed by atoms with Crippen LogP contribution in [0.5, 0.6) is 0 Å². The molecule has 0 N–H and O–H groups in total. The third kappa shape index (κ3) is 81.0. The lowest BCUT2D eigenvalue weighted by Crippen LogP contribution is -2.37. The lowest BCUT2D eigenvalue weighted by Gasteiger charge is -2.28. The van der Waals surface area contributed by atoms with Crippen molar-refractivity contribution in [1.29, 1.82) is 0 Å². The fourth-order valence-electron chi connectivity index (χ4n) is 9.79. The fourth-order valence-corrected chi connectivity index (χ4v) is 10.5. The Balaban J connectivity index is 4.13. The molecule has 0 aliphatic heterocycles. The van der Waals surface area contributed by atoms with Gasteiger partial charge in [0.15, 0.2) is 6.10 Å². The van der Waals surface area contributed by atoms with E-state index in [1.807, 2.05) is 21.1 Å². The van der Waals surface area contributed by atoms with E-state index in [4.69, 9.17) is 18.5 Å². The van der Waals surface area contributed by atoms with Crippen molar-refractivity contribution >= 4 is 19.8 Å². The van der Waals surface area contributed by atoms with Crippen LogP contribution < -0.4 is 4.89 Å². The minimum Gasteiger partial charge on any atom is -0.756 e. The van der Waals surface area contributed by atoms with Crippen LogP contribution in [0, 0.1) is 0 Å². The molecule has 0 radical (unpaired) electrons. The Bertz CT molecular complexity index is 2550. The standard InChI is InChI=1S/C90H142NO8P/c1-6-8-10-12-14-16-18-20-22-24-26-28-30-32-34-36-38-40-42-43-44-45-46-47-49-50-52-54-56-58-60-62-64-66-68-70-72-74-76-78-80-82-89(92)96-86-88(87-98-100(94,95)97-85-84-91(3,4)5)99-90(93)83-81-79-77-75-73-71-69-67-65-63-61-59-57-55-53-51-48-41-39-37-35-33-31-29-27-25-23-21-19-17-15-13-11-9-7-2/h8-11,14-17,20-23,26-29,32-35,38-41,43-44,46-47,50-53,57,59,63,65,69,71,88H,6-7,12-13,18-19,24-25,30-31,36-37,42,45,48-49,54-56,58,60-62,64,66-68,70,72-87H2,1-5H3/b10-8-,11-9-,16-14-,17-15-,22-20-,23-21-,28-26-,29-27-,34-32-,35-33-,40-38-,41-39-,44-43-,47-46-,52-50-,53-51-,59-57-,65-63-,71-69-. The number of nitrogens with zero attached hydrogens (tertiary/aromatic N) is 1. The van der Waals surface area contributed by atoms with E-state index in [9.17, 15) is 19.0 Å². The van der Waals surface area contributed by atoms with Crippen LogP contribution >= 0.6 is 7.82 Å². The van der Waals surface area contributed by atoms with E-state index in [1.165, 1.54) is 64.2 Å². The van der Waals surface area contributed by atoms with Crippen molar-refractivity contribution in [2.45, 2.75) is 277 Å². The molecule has 0 saturated heterocycles. The number of esters is 2. The van der Waals surface area contributed by atoms with Gasteiger partial charge in [-0.1, -0.05) is 328 Å². The highest BCUT2D eigenvalue weighted by Crippen LogP contribution is 2.38. The van der Waals surface area contributed by atoms with Gasteiger partial charge < -0.3 is 27.9 Å². The Morgan fingerprint density at radius 3 is 0.800 bits per heavy atom. The van der Waals surface area contributed by atoms with Crippen molar-refractivity contribution < 1.29 is 42.1 Å². The zero-order chi connectivity index (χ0) is 72.5. The SMILES string of the molecule is CC/C=C\C/C=C\C/C=C\C/C=C\C/C=C\C/C=C\C/C=C\C/C=C\C/C=C\C/C=C\CCCCCCC(=O)OC(COC(=O)CCCCCCCCCCCCCCC/C=C\C/C=C\C/C=C\C/C=C\C/C=C\C/C=C\C/C=C\C/C=C\C/C=C\CC)COP(=O)([O-])OCC[N+](C)(C)C. The van der Waals surface area contributed by atoms with Crippen LogP contribution in [0.25, 0.3) is 0 Å². The number of likely N-dealkylation sites (N-methyl/N-ethyl adjacent to an activating group) is 1. The number of allylic oxidation sites excluding steroid dienone is 38. The van der Waals surface area contributed by atoms with Crippen molar-refractivity contribution in [2.24, 2.45) is 0 Å². The van der Waals surface area contributed by atoms with Crippen molar-refractivity contribution in [1.82, 2.24) is 0 Å². The zero-order valence-corrected chi connectivity index (χ0v) is 64.7. The molecule has 0 bridgehead atoms. The molecule has 0 aliphatic carbocycles. The van der Waals surface area contributed by atoms with Gasteiger partial charge in [-0.05, 0) is 161 Å². The summed E-state index contributed by atoms with van der Waals surface area (Å²) in [5.74, 6) is -0.877. The first-order chi connectivity index (χ1) is 49.0. The second kappa shape index (κ2) is 77.2. The second-order valence-corrected chi connectivity index (χ2v) is 27.7. The van der Waals surface area contributed by atoms with Gasteiger partial charge in [0.2, 0.25) is 0 Å². The number of ether oxygens (including phenoxy) is 2. The molecular weight excluding hydrogens is 1250 g/mol. The van der Waals surface area contributed by atoms with Gasteiger partial charge in [-0.15, -0.1) is 0 Å². The highest BCUT2D eigenvalue weighted by atomic mass is 31.2. The number of hydrogen-bond donors (Lipinski definition) is 0. The van der Waals surface area contributed by atoms with Gasteiger partial charge in [0.05, 0.1) is 27.7 Å². The lowest BCUT2D eigenvalue weighted by atomic mass is 10.0. The van der Waals surface area contributed by atoms with Crippen LogP contribution in [0.2, 0.25) is 0 Å². The maximum Gasteiger partial charge on any atom is 0.306 e. The quantitative estimate of drug-likeness (QED) is 0.0195. The summed E-state index contributed by atoms with van der Waals surface area (Å²) < 4.78 is 34.3. The predicted molar refractivity (Wildman–Crippen MR) is 433 cm³/mol. The van der Waals surface area contributed by atoms with Gasteiger partial charge in [-0.3, -0.25) is 14.2 Å². The highest BCUT2D eigenvalue weighted by molar-refractivity contribution is 7.45. The predicted octanol–water partition coefficient (Wildman–Crippen LogP) is 25.9. The molecule has 0 heterocycles. The van der Waals surface area contributed by atoms with Crippen LogP contribution in [-0.4, -0.2) is 70.0 Å². The Hall–Kier alpha value is -5.93. The highest BCUT2D eigenvalue weighted by Gasteiger charge is 2.22. The van der Waals surface area contributed by atoms with E-state index in [0.29, 0.717) is 23.9 Å². The molecule has 9 nitrogen and oxygen atoms in total. The normalized spacial score (nSPS) is 14.3. The summed E-state index contributed by atoms with van der Waals surface area (Å²) in [6.07, 6.45) is 124. The number of carbonyl (C=O) groups is 2. The first kappa shape index (κ1) is 94.1. The smallest absolute Gasteiger partial charge is 0.306 e. The van der Waals surface area contributed by atoms with E-state index in [0.717, 1.165) is 167 Å². The molecule has 0 amide bonds. The van der Waals surface area contributed by atoms with E-state index >= 15 is 0 Å². The minimum atomic E-state index is -4.67. The topological polar surface area (TPSA) is 111 Å². The van der Waals surface area contributed by atoms with Crippen molar-refractivity contribution in [3.63, 3.8) is 0 Å². The largest absolute Gasteiger partial charge is 0.756 e. The lowest BCUT2D eigenvalue weighted by molar-refractivity contribution is -0.870. The average molecular weight is 1400 g/mol. The molecule has 100 heavy (non-hydrogen) atoms. The summed E-state index contributed by atoms with van der Waals surface area (Å²) in [7, 11) is 1.12. The number of carbonyl (C=O) groups excluding carboxylic acids is 2. The van der Waals surface area contributed by atoms with Crippen LogP contribution in [0.3, 0.4) is 0 Å². The molecule has 0 aromatic rings. The fraction of sp³-hybridized carbons (Fsp3) is 0.556. The number of unbranched alkanes of at least 4 members (excludes halogenated alkanes) is 17.